The van der Waals surface area contributed by atoms with E-state index in [1.165, 1.54) is 44.5 Å². The van der Waals surface area contributed by atoms with Gasteiger partial charge in [-0.25, -0.2) is 0 Å². The molecule has 0 spiro atoms. The van der Waals surface area contributed by atoms with Crippen LogP contribution in [0.5, 0.6) is 0 Å². The van der Waals surface area contributed by atoms with E-state index in [0.29, 0.717) is 0 Å². The number of benzene rings is 5. The van der Waals surface area contributed by atoms with Gasteiger partial charge in [-0.2, -0.15) is 0 Å². The first-order valence-corrected chi connectivity index (χ1v) is 10.8. The van der Waals surface area contributed by atoms with Crippen molar-refractivity contribution in [3.05, 3.63) is 145 Å². The number of hydrogen-bond donors (Lipinski definition) is 0. The van der Waals surface area contributed by atoms with Gasteiger partial charge in [0.15, 0.2) is 0 Å². The van der Waals surface area contributed by atoms with Crippen LogP contribution in [-0.2, 0) is 6.42 Å². The van der Waals surface area contributed by atoms with Crippen molar-refractivity contribution in [1.29, 1.82) is 0 Å². The summed E-state index contributed by atoms with van der Waals surface area (Å²) in [6, 6.07) is 47.6. The molecular weight excluding hydrogens is 372 g/mol. The Balaban J connectivity index is 1.63. The summed E-state index contributed by atoms with van der Waals surface area (Å²) in [7, 11) is 0. The van der Waals surface area contributed by atoms with E-state index in [0.717, 1.165) is 6.42 Å². The molecule has 0 saturated heterocycles. The quantitative estimate of drug-likeness (QED) is 0.280. The molecule has 31 heavy (non-hydrogen) atoms. The van der Waals surface area contributed by atoms with Gasteiger partial charge in [0.2, 0.25) is 0 Å². The monoisotopic (exact) mass is 396 g/mol. The Morgan fingerprint density at radius 3 is 1.35 bits per heavy atom. The van der Waals surface area contributed by atoms with Crippen LogP contribution in [0.1, 0.15) is 11.1 Å². The Morgan fingerprint density at radius 1 is 0.355 bits per heavy atom. The minimum atomic E-state index is 0.885. The summed E-state index contributed by atoms with van der Waals surface area (Å²) in [5, 5.41) is 0. The highest BCUT2D eigenvalue weighted by Crippen LogP contribution is 2.34. The molecule has 0 aliphatic rings. The van der Waals surface area contributed by atoms with E-state index in [1.54, 1.807) is 0 Å². The predicted octanol–water partition coefficient (Wildman–Crippen LogP) is 8.28. The minimum Gasteiger partial charge on any atom is -0.0622 e. The molecule has 5 rings (SSSR count). The second-order valence-electron chi connectivity index (χ2n) is 7.81. The molecule has 5 aromatic rings. The van der Waals surface area contributed by atoms with Crippen LogP contribution in [0.25, 0.3) is 33.4 Å². The van der Waals surface area contributed by atoms with Crippen LogP contribution in [0.4, 0.5) is 0 Å². The second-order valence-corrected chi connectivity index (χ2v) is 7.81. The lowest BCUT2D eigenvalue weighted by Gasteiger charge is -2.16. The normalized spacial score (nSPS) is 10.7. The lowest BCUT2D eigenvalue weighted by Crippen LogP contribution is -1.97. The van der Waals surface area contributed by atoms with Crippen molar-refractivity contribution in [2.75, 3.05) is 0 Å². The molecule has 148 valence electrons. The predicted molar refractivity (Wildman–Crippen MR) is 132 cm³/mol. The van der Waals surface area contributed by atoms with Crippen molar-refractivity contribution in [3.8, 4) is 33.4 Å². The maximum absolute atomic E-state index is 2.33. The summed E-state index contributed by atoms with van der Waals surface area (Å²) in [6.45, 7) is 0. The van der Waals surface area contributed by atoms with Crippen LogP contribution in [0.2, 0.25) is 0 Å². The summed E-state index contributed by atoms with van der Waals surface area (Å²) < 4.78 is 0. The standard InChI is InChI=1S/C31H24/c1-4-13-25(14-5-1)28-19-10-12-24(22-28)23-31-29(26-15-6-2-7-16-26)20-11-21-30(31)27-17-8-3-9-18-27/h1-22H,23H2. The summed E-state index contributed by atoms with van der Waals surface area (Å²) in [6.07, 6.45) is 0.885. The summed E-state index contributed by atoms with van der Waals surface area (Å²) >= 11 is 0. The Labute approximate surface area is 184 Å². The van der Waals surface area contributed by atoms with E-state index in [1.807, 2.05) is 0 Å². The van der Waals surface area contributed by atoms with Crippen LogP contribution in [0, 0.1) is 0 Å². The molecule has 0 aliphatic heterocycles. The highest BCUT2D eigenvalue weighted by molar-refractivity contribution is 5.79. The summed E-state index contributed by atoms with van der Waals surface area (Å²) in [5.74, 6) is 0. The van der Waals surface area contributed by atoms with Gasteiger partial charge in [0.05, 0.1) is 0 Å². The third-order valence-electron chi connectivity index (χ3n) is 5.76. The molecule has 5 aromatic carbocycles. The molecule has 0 aromatic heterocycles. The van der Waals surface area contributed by atoms with Crippen molar-refractivity contribution >= 4 is 0 Å². The third kappa shape index (κ3) is 4.20. The first-order chi connectivity index (χ1) is 15.4. The zero-order valence-corrected chi connectivity index (χ0v) is 17.4. The zero-order chi connectivity index (χ0) is 20.9. The Hall–Kier alpha value is -3.90. The molecule has 0 saturated carbocycles. The number of rotatable bonds is 5. The molecule has 0 unspecified atom stereocenters. The van der Waals surface area contributed by atoms with Crippen molar-refractivity contribution in [3.63, 3.8) is 0 Å². The smallest absolute Gasteiger partial charge is 0.00132 e. The van der Waals surface area contributed by atoms with Crippen LogP contribution < -0.4 is 0 Å². The van der Waals surface area contributed by atoms with Gasteiger partial charge in [0.25, 0.3) is 0 Å². The van der Waals surface area contributed by atoms with Gasteiger partial charge < -0.3 is 0 Å². The average molecular weight is 397 g/mol. The summed E-state index contributed by atoms with van der Waals surface area (Å²) in [4.78, 5) is 0. The lowest BCUT2D eigenvalue weighted by atomic mass is 9.87. The highest BCUT2D eigenvalue weighted by Gasteiger charge is 2.13. The highest BCUT2D eigenvalue weighted by atomic mass is 14.2. The van der Waals surface area contributed by atoms with E-state index in [4.69, 9.17) is 0 Å². The van der Waals surface area contributed by atoms with Gasteiger partial charge in [-0.05, 0) is 50.9 Å². The molecule has 0 radical (unpaired) electrons. The van der Waals surface area contributed by atoms with E-state index in [2.05, 4.69) is 133 Å². The lowest BCUT2D eigenvalue weighted by molar-refractivity contribution is 1.20. The summed E-state index contributed by atoms with van der Waals surface area (Å²) in [5.41, 5.74) is 10.3. The topological polar surface area (TPSA) is 0 Å². The van der Waals surface area contributed by atoms with Crippen LogP contribution in [0.3, 0.4) is 0 Å². The molecule has 0 fully saturated rings. The van der Waals surface area contributed by atoms with Crippen molar-refractivity contribution in [1.82, 2.24) is 0 Å². The Bertz CT molecular complexity index is 1210. The first-order valence-electron chi connectivity index (χ1n) is 10.8. The average Bonchev–Trinajstić information content (AvgIpc) is 2.86. The molecule has 0 heteroatoms. The van der Waals surface area contributed by atoms with E-state index in [-0.39, 0.29) is 0 Å². The van der Waals surface area contributed by atoms with E-state index < -0.39 is 0 Å². The zero-order valence-electron chi connectivity index (χ0n) is 17.4. The van der Waals surface area contributed by atoms with Gasteiger partial charge in [0.1, 0.15) is 0 Å². The first kappa shape index (κ1) is 19.1. The Morgan fingerprint density at radius 2 is 0.806 bits per heavy atom. The van der Waals surface area contributed by atoms with Crippen LogP contribution in [0.15, 0.2) is 133 Å². The fourth-order valence-corrected chi connectivity index (χ4v) is 4.25. The van der Waals surface area contributed by atoms with Crippen LogP contribution >= 0.6 is 0 Å². The molecule has 0 N–H and O–H groups in total. The van der Waals surface area contributed by atoms with Crippen molar-refractivity contribution in [2.24, 2.45) is 0 Å². The van der Waals surface area contributed by atoms with Crippen molar-refractivity contribution in [2.45, 2.75) is 6.42 Å². The van der Waals surface area contributed by atoms with Crippen molar-refractivity contribution < 1.29 is 0 Å². The number of hydrogen-bond acceptors (Lipinski definition) is 0. The van der Waals surface area contributed by atoms with E-state index >= 15 is 0 Å². The fraction of sp³-hybridized carbons (Fsp3) is 0.0323. The van der Waals surface area contributed by atoms with Gasteiger partial charge in [-0.3, -0.25) is 0 Å². The van der Waals surface area contributed by atoms with Crippen LogP contribution in [-0.4, -0.2) is 0 Å². The van der Waals surface area contributed by atoms with E-state index in [9.17, 15) is 0 Å². The Kier molecular flexibility index (Phi) is 5.45. The van der Waals surface area contributed by atoms with Gasteiger partial charge in [0, 0.05) is 0 Å². The minimum absolute atomic E-state index is 0.885. The maximum atomic E-state index is 2.33. The third-order valence-corrected chi connectivity index (χ3v) is 5.76. The van der Waals surface area contributed by atoms with Gasteiger partial charge in [-0.15, -0.1) is 0 Å². The second kappa shape index (κ2) is 8.85. The SMILES string of the molecule is c1ccc(-c2cccc(Cc3c(-c4ccccc4)cccc3-c3ccccc3)c2)cc1. The molecule has 0 aliphatic carbocycles. The molecule has 0 amide bonds. The van der Waals surface area contributed by atoms with Gasteiger partial charge in [-0.1, -0.05) is 133 Å². The molecule has 0 atom stereocenters. The molecule has 0 nitrogen and oxygen atoms in total. The maximum Gasteiger partial charge on any atom is -0.00132 e. The largest absolute Gasteiger partial charge is 0.0622 e. The fourth-order valence-electron chi connectivity index (χ4n) is 4.25. The molecule has 0 heterocycles. The van der Waals surface area contributed by atoms with Gasteiger partial charge >= 0.3 is 0 Å². The molecule has 0 bridgehead atoms. The molecular formula is C31H24.